The molecule has 1 aliphatic rings. The number of hydrogen-bond acceptors (Lipinski definition) is 12. The van der Waals surface area contributed by atoms with Gasteiger partial charge >= 0.3 is 5.91 Å². The molecule has 5 rings (SSSR count). The van der Waals surface area contributed by atoms with Gasteiger partial charge in [0.2, 0.25) is 10.3 Å². The minimum absolute atomic E-state index is 0.0603. The molecular weight excluding hydrogens is 599 g/mol. The number of amides is 2. The molecule has 2 amide bonds. The number of aromatic nitrogens is 2. The minimum atomic E-state index is -3.47. The minimum Gasteiger partial charge on any atom is -0.351 e. The van der Waals surface area contributed by atoms with Crippen LogP contribution < -0.4 is 15.8 Å². The van der Waals surface area contributed by atoms with Gasteiger partial charge in [0.1, 0.15) is 10.6 Å². The van der Waals surface area contributed by atoms with Crippen LogP contribution in [0, 0.1) is 0 Å². The second-order valence-electron chi connectivity index (χ2n) is 8.90. The van der Waals surface area contributed by atoms with Crippen molar-refractivity contribution in [1.82, 2.24) is 15.3 Å². The lowest BCUT2D eigenvalue weighted by molar-refractivity contribution is -0.112. The zero-order chi connectivity index (χ0) is 29.5. The lowest BCUT2D eigenvalue weighted by Crippen LogP contribution is -2.28. The molecule has 0 radical (unpaired) electrons. The molecule has 216 valence electrons. The topological polar surface area (TPSA) is 155 Å². The second kappa shape index (κ2) is 13.1. The van der Waals surface area contributed by atoms with Crippen LogP contribution in [0.2, 0.25) is 0 Å². The van der Waals surface area contributed by atoms with Crippen molar-refractivity contribution in [3.05, 3.63) is 82.7 Å². The average Bonchev–Trinajstić information content (AvgIpc) is 3.73. The lowest BCUT2D eigenvalue weighted by atomic mass is 10.1. The van der Waals surface area contributed by atoms with E-state index in [4.69, 9.17) is 0 Å². The predicted molar refractivity (Wildman–Crippen MR) is 164 cm³/mol. The molecule has 0 aliphatic carbocycles. The van der Waals surface area contributed by atoms with Crippen molar-refractivity contribution >= 4 is 66.3 Å². The summed E-state index contributed by atoms with van der Waals surface area (Å²) >= 11 is 2.37. The predicted octanol–water partition coefficient (Wildman–Crippen LogP) is 3.97. The van der Waals surface area contributed by atoms with Crippen molar-refractivity contribution in [1.29, 1.82) is 0 Å². The molecule has 2 aromatic heterocycles. The van der Waals surface area contributed by atoms with E-state index in [0.717, 1.165) is 28.8 Å². The highest BCUT2D eigenvalue weighted by Crippen LogP contribution is 2.30. The third-order valence-corrected chi connectivity index (χ3v) is 8.07. The molecule has 2 N–H and O–H groups in total. The van der Waals surface area contributed by atoms with Gasteiger partial charge in [-0.3, -0.25) is 19.2 Å². The molecule has 0 atom stereocenters. The summed E-state index contributed by atoms with van der Waals surface area (Å²) in [5.74, 6) is -0.783. The van der Waals surface area contributed by atoms with Crippen LogP contribution in [0.15, 0.2) is 82.4 Å². The van der Waals surface area contributed by atoms with Gasteiger partial charge in [0.15, 0.2) is 5.71 Å². The first-order chi connectivity index (χ1) is 20.3. The maximum Gasteiger partial charge on any atom is 0.303 e. The smallest absolute Gasteiger partial charge is 0.303 e. The summed E-state index contributed by atoms with van der Waals surface area (Å²) in [5, 5.41) is 15.5. The Morgan fingerprint density at radius 3 is 2.48 bits per heavy atom. The van der Waals surface area contributed by atoms with E-state index >= 15 is 0 Å². The van der Waals surface area contributed by atoms with Crippen LogP contribution in [0.4, 0.5) is 10.3 Å². The Bertz CT molecular complexity index is 1740. The van der Waals surface area contributed by atoms with E-state index in [1.54, 1.807) is 0 Å². The standard InChI is InChI=1S/C27H25N7O5S3/c1-42(37,38)39-15-9-8-14-28-24(35)21-16-29-26(41-21)32-31-23-22(19-12-6-3-7-13-19)33-34(25(23)36)27-30-20(17-40-27)18-10-4-2-5-11-18/h2-7,10-13,16-17H,8-9,14-15H2,1H3,(H,28,35)(H,29,32)/b31-23+. The fourth-order valence-corrected chi connectivity index (χ4v) is 5.66. The van der Waals surface area contributed by atoms with Crippen molar-refractivity contribution in [2.24, 2.45) is 10.2 Å². The molecular formula is C27H25N7O5S3. The summed E-state index contributed by atoms with van der Waals surface area (Å²) in [5.41, 5.74) is 5.61. The third kappa shape index (κ3) is 7.30. The van der Waals surface area contributed by atoms with Crippen molar-refractivity contribution in [2.45, 2.75) is 12.8 Å². The molecule has 0 fully saturated rings. The lowest BCUT2D eigenvalue weighted by Gasteiger charge is -2.06. The second-order valence-corrected chi connectivity index (χ2v) is 12.4. The van der Waals surface area contributed by atoms with E-state index in [1.165, 1.54) is 22.5 Å². The molecule has 0 saturated heterocycles. The van der Waals surface area contributed by atoms with Crippen molar-refractivity contribution in [2.75, 3.05) is 29.8 Å². The van der Waals surface area contributed by atoms with E-state index < -0.39 is 16.0 Å². The van der Waals surface area contributed by atoms with Crippen LogP contribution in [-0.2, 0) is 19.1 Å². The molecule has 0 saturated carbocycles. The number of hydrazone groups is 2. The van der Waals surface area contributed by atoms with Gasteiger partial charge in [-0.2, -0.15) is 23.6 Å². The summed E-state index contributed by atoms with van der Waals surface area (Å²) in [4.78, 5) is 35.2. The maximum atomic E-state index is 13.5. The Hall–Kier alpha value is -4.31. The maximum absolute atomic E-state index is 13.5. The van der Waals surface area contributed by atoms with E-state index in [-0.39, 0.29) is 18.2 Å². The van der Waals surface area contributed by atoms with Gasteiger partial charge in [-0.05, 0) is 12.8 Å². The zero-order valence-corrected chi connectivity index (χ0v) is 24.7. The van der Waals surface area contributed by atoms with E-state index in [0.29, 0.717) is 45.8 Å². The number of carbonyl (C=O) groups excluding carboxylic acids is 2. The number of benzene rings is 2. The first-order valence-electron chi connectivity index (χ1n) is 12.7. The zero-order valence-electron chi connectivity index (χ0n) is 22.3. The van der Waals surface area contributed by atoms with Crippen molar-refractivity contribution in [3.8, 4) is 11.3 Å². The Labute approximate surface area is 249 Å². The molecule has 15 heteroatoms. The number of unbranched alkanes of at least 4 members (excludes halogenated alkanes) is 1. The number of anilines is 2. The number of nitrogens with zero attached hydrogens (tertiary/aromatic N) is 5. The molecule has 1 aliphatic heterocycles. The molecule has 0 spiro atoms. The highest BCUT2D eigenvalue weighted by Gasteiger charge is 2.36. The van der Waals surface area contributed by atoms with Gasteiger partial charge in [0.25, 0.3) is 16.0 Å². The molecule has 2 aromatic carbocycles. The largest absolute Gasteiger partial charge is 0.351 e. The van der Waals surface area contributed by atoms with E-state index in [1.807, 2.05) is 66.0 Å². The summed E-state index contributed by atoms with van der Waals surface area (Å²) < 4.78 is 26.7. The van der Waals surface area contributed by atoms with Crippen LogP contribution >= 0.6 is 22.7 Å². The molecule has 0 bridgehead atoms. The number of hydrogen-bond donors (Lipinski definition) is 2. The van der Waals surface area contributed by atoms with Crippen LogP contribution in [0.25, 0.3) is 11.3 Å². The quantitative estimate of drug-likeness (QED) is 0.136. The van der Waals surface area contributed by atoms with Gasteiger partial charge < -0.3 is 5.32 Å². The Morgan fingerprint density at radius 1 is 1.05 bits per heavy atom. The van der Waals surface area contributed by atoms with Crippen LogP contribution in [0.5, 0.6) is 0 Å². The molecule has 0 unspecified atom stereocenters. The van der Waals surface area contributed by atoms with Gasteiger partial charge in [-0.25, -0.2) is 9.97 Å². The first kappa shape index (κ1) is 29.2. The third-order valence-electron chi connectivity index (χ3n) is 5.76. The van der Waals surface area contributed by atoms with Gasteiger partial charge in [-0.15, -0.1) is 11.3 Å². The summed E-state index contributed by atoms with van der Waals surface area (Å²) in [6.07, 6.45) is 3.42. The van der Waals surface area contributed by atoms with Crippen LogP contribution in [0.3, 0.4) is 0 Å². The summed E-state index contributed by atoms with van der Waals surface area (Å²) in [6, 6.07) is 18.9. The Balaban J connectivity index is 1.27. The monoisotopic (exact) mass is 623 g/mol. The summed E-state index contributed by atoms with van der Waals surface area (Å²) in [6.45, 7) is 0.406. The number of carbonyl (C=O) groups is 2. The van der Waals surface area contributed by atoms with Gasteiger partial charge in [0, 0.05) is 23.1 Å². The average molecular weight is 624 g/mol. The molecule has 4 aromatic rings. The number of nitrogens with one attached hydrogen (secondary N) is 2. The molecule has 3 heterocycles. The van der Waals surface area contributed by atoms with Gasteiger partial charge in [-0.1, -0.05) is 72.0 Å². The number of rotatable bonds is 12. The van der Waals surface area contributed by atoms with Gasteiger partial charge in [0.05, 0.1) is 24.8 Å². The van der Waals surface area contributed by atoms with Crippen LogP contribution in [0.1, 0.15) is 28.1 Å². The SMILES string of the molecule is CS(=O)(=O)OCCCCNC(=O)c1cnc(N/N=C2/C(=O)N(c3nc(-c4ccccc4)cs3)N=C2c2ccccc2)s1. The highest BCUT2D eigenvalue weighted by molar-refractivity contribution is 7.85. The number of thiazole rings is 2. The fourth-order valence-electron chi connectivity index (χ4n) is 3.78. The molecule has 42 heavy (non-hydrogen) atoms. The van der Waals surface area contributed by atoms with E-state index in [2.05, 4.69) is 35.1 Å². The molecule has 12 nitrogen and oxygen atoms in total. The first-order valence-corrected chi connectivity index (χ1v) is 16.2. The Kier molecular flexibility index (Phi) is 9.12. The summed E-state index contributed by atoms with van der Waals surface area (Å²) in [7, 11) is -3.47. The highest BCUT2D eigenvalue weighted by atomic mass is 32.2. The normalized spacial score (nSPS) is 14.3. The van der Waals surface area contributed by atoms with E-state index in [9.17, 15) is 18.0 Å². The van der Waals surface area contributed by atoms with Crippen molar-refractivity contribution in [3.63, 3.8) is 0 Å². The fraction of sp³-hybridized carbons (Fsp3) is 0.185. The van der Waals surface area contributed by atoms with Crippen molar-refractivity contribution < 1.29 is 22.2 Å². The van der Waals surface area contributed by atoms with Crippen LogP contribution in [-0.4, -0.2) is 61.0 Å². The Morgan fingerprint density at radius 2 is 1.76 bits per heavy atom.